The molecule has 3 aromatic carbocycles. The van der Waals surface area contributed by atoms with Gasteiger partial charge in [-0.25, -0.2) is 14.5 Å². The molecule has 6 nitrogen and oxygen atoms in total. The van der Waals surface area contributed by atoms with E-state index in [2.05, 4.69) is 10.1 Å². The maximum absolute atomic E-state index is 12.7. The van der Waals surface area contributed by atoms with Crippen LogP contribution in [0.3, 0.4) is 0 Å². The average molecular weight is 411 g/mol. The Bertz CT molecular complexity index is 1230. The van der Waals surface area contributed by atoms with E-state index in [1.807, 2.05) is 55.5 Å². The first-order chi connectivity index (χ1) is 15.1. The SMILES string of the molecule is CCc1nc(C(=O)c2ccccc2)nn1Cc1ccc(-c2ccccc2C(=O)O)cc1. The molecule has 6 heteroatoms. The molecule has 0 amide bonds. The zero-order valence-electron chi connectivity index (χ0n) is 17.0. The number of hydrogen-bond acceptors (Lipinski definition) is 4. The zero-order valence-corrected chi connectivity index (χ0v) is 17.0. The second kappa shape index (κ2) is 8.75. The second-order valence-corrected chi connectivity index (χ2v) is 7.11. The Hall–Kier alpha value is -4.06. The first-order valence-electron chi connectivity index (χ1n) is 10.0. The van der Waals surface area contributed by atoms with Crippen LogP contribution in [-0.2, 0) is 13.0 Å². The Balaban J connectivity index is 1.58. The molecule has 4 aromatic rings. The molecule has 0 unspecified atom stereocenters. The fraction of sp³-hybridized carbons (Fsp3) is 0.120. The molecule has 0 bridgehead atoms. The van der Waals surface area contributed by atoms with Crippen LogP contribution < -0.4 is 0 Å². The lowest BCUT2D eigenvalue weighted by Crippen LogP contribution is -2.08. The number of benzene rings is 3. The molecule has 1 heterocycles. The molecule has 0 aliphatic heterocycles. The summed E-state index contributed by atoms with van der Waals surface area (Å²) in [6, 6.07) is 23.6. The maximum atomic E-state index is 12.7. The molecule has 154 valence electrons. The number of hydrogen-bond donors (Lipinski definition) is 1. The van der Waals surface area contributed by atoms with Gasteiger partial charge in [-0.2, -0.15) is 0 Å². The van der Waals surface area contributed by atoms with Crippen molar-refractivity contribution in [3.8, 4) is 11.1 Å². The van der Waals surface area contributed by atoms with Crippen LogP contribution in [0.5, 0.6) is 0 Å². The minimum absolute atomic E-state index is 0.190. The van der Waals surface area contributed by atoms with Gasteiger partial charge in [0.1, 0.15) is 5.82 Å². The minimum atomic E-state index is -0.953. The van der Waals surface area contributed by atoms with E-state index in [1.165, 1.54) is 0 Å². The standard InChI is InChI=1S/C25H21N3O3/c1-2-22-26-24(23(29)19-8-4-3-5-9-19)27-28(22)16-17-12-14-18(15-13-17)20-10-6-7-11-21(20)25(30)31/h3-15H,2,16H2,1H3,(H,30,31). The van der Waals surface area contributed by atoms with Crippen molar-refractivity contribution in [3.63, 3.8) is 0 Å². The molecule has 0 saturated carbocycles. The van der Waals surface area contributed by atoms with Crippen molar-refractivity contribution in [2.45, 2.75) is 19.9 Å². The topological polar surface area (TPSA) is 85.1 Å². The van der Waals surface area contributed by atoms with Crippen LogP contribution in [0.4, 0.5) is 0 Å². The van der Waals surface area contributed by atoms with E-state index in [4.69, 9.17) is 0 Å². The third-order valence-electron chi connectivity index (χ3n) is 5.06. The van der Waals surface area contributed by atoms with E-state index in [0.29, 0.717) is 24.1 Å². The fourth-order valence-corrected chi connectivity index (χ4v) is 3.46. The van der Waals surface area contributed by atoms with Crippen LogP contribution >= 0.6 is 0 Å². The summed E-state index contributed by atoms with van der Waals surface area (Å²) in [7, 11) is 0. The van der Waals surface area contributed by atoms with Gasteiger partial charge in [0.2, 0.25) is 11.6 Å². The van der Waals surface area contributed by atoms with Gasteiger partial charge in [-0.1, -0.05) is 79.7 Å². The van der Waals surface area contributed by atoms with Gasteiger partial charge in [0, 0.05) is 12.0 Å². The quantitative estimate of drug-likeness (QED) is 0.453. The van der Waals surface area contributed by atoms with Crippen LogP contribution in [0, 0.1) is 0 Å². The first-order valence-corrected chi connectivity index (χ1v) is 10.0. The second-order valence-electron chi connectivity index (χ2n) is 7.11. The lowest BCUT2D eigenvalue weighted by molar-refractivity contribution is 0.0697. The number of nitrogens with zero attached hydrogens (tertiary/aromatic N) is 3. The molecule has 1 aromatic heterocycles. The van der Waals surface area contributed by atoms with Gasteiger partial charge >= 0.3 is 5.97 Å². The Morgan fingerprint density at radius 1 is 0.903 bits per heavy atom. The Morgan fingerprint density at radius 3 is 2.26 bits per heavy atom. The van der Waals surface area contributed by atoms with Crippen molar-refractivity contribution < 1.29 is 14.7 Å². The Labute approximate surface area is 179 Å². The van der Waals surface area contributed by atoms with Crippen LogP contribution in [0.1, 0.15) is 44.9 Å². The van der Waals surface area contributed by atoms with Crippen molar-refractivity contribution in [2.24, 2.45) is 0 Å². The zero-order chi connectivity index (χ0) is 21.8. The normalized spacial score (nSPS) is 10.7. The Kier molecular flexibility index (Phi) is 5.71. The summed E-state index contributed by atoms with van der Waals surface area (Å²) in [6.07, 6.45) is 0.652. The van der Waals surface area contributed by atoms with Gasteiger partial charge in [-0.15, -0.1) is 5.10 Å². The van der Waals surface area contributed by atoms with Crippen LogP contribution in [-0.4, -0.2) is 31.6 Å². The highest BCUT2D eigenvalue weighted by Gasteiger charge is 2.17. The van der Waals surface area contributed by atoms with Gasteiger partial charge in [0.25, 0.3) is 0 Å². The number of ketones is 1. The summed E-state index contributed by atoms with van der Waals surface area (Å²) in [6.45, 7) is 2.45. The summed E-state index contributed by atoms with van der Waals surface area (Å²) in [5.41, 5.74) is 3.31. The predicted molar refractivity (Wildman–Crippen MR) is 117 cm³/mol. The van der Waals surface area contributed by atoms with Gasteiger partial charge in [-0.05, 0) is 22.8 Å². The van der Waals surface area contributed by atoms with Crippen molar-refractivity contribution >= 4 is 11.8 Å². The summed E-state index contributed by atoms with van der Waals surface area (Å²) in [5, 5.41) is 13.9. The van der Waals surface area contributed by atoms with Crippen LogP contribution in [0.25, 0.3) is 11.1 Å². The van der Waals surface area contributed by atoms with Crippen LogP contribution in [0.2, 0.25) is 0 Å². The highest BCUT2D eigenvalue weighted by Crippen LogP contribution is 2.24. The van der Waals surface area contributed by atoms with Crippen molar-refractivity contribution in [2.75, 3.05) is 0 Å². The molecule has 0 spiro atoms. The maximum Gasteiger partial charge on any atom is 0.336 e. The summed E-state index contributed by atoms with van der Waals surface area (Å²) < 4.78 is 1.75. The molecule has 0 saturated heterocycles. The molecule has 0 atom stereocenters. The summed E-state index contributed by atoms with van der Waals surface area (Å²) in [4.78, 5) is 28.6. The summed E-state index contributed by atoms with van der Waals surface area (Å²) in [5.74, 6) is -0.227. The van der Waals surface area contributed by atoms with Crippen molar-refractivity contribution in [1.82, 2.24) is 14.8 Å². The summed E-state index contributed by atoms with van der Waals surface area (Å²) >= 11 is 0. The lowest BCUT2D eigenvalue weighted by atomic mass is 9.99. The molecule has 0 aliphatic carbocycles. The monoisotopic (exact) mass is 411 g/mol. The average Bonchev–Trinajstić information content (AvgIpc) is 3.22. The molecule has 0 fully saturated rings. The van der Waals surface area contributed by atoms with Crippen molar-refractivity contribution in [1.29, 1.82) is 0 Å². The van der Waals surface area contributed by atoms with Gasteiger partial charge in [-0.3, -0.25) is 4.79 Å². The fourth-order valence-electron chi connectivity index (χ4n) is 3.46. The van der Waals surface area contributed by atoms with E-state index in [1.54, 1.807) is 35.0 Å². The predicted octanol–water partition coefficient (Wildman–Crippen LogP) is 4.49. The number of aromatic carboxylic acids is 1. The molecule has 0 radical (unpaired) electrons. The highest BCUT2D eigenvalue weighted by molar-refractivity contribution is 6.06. The lowest BCUT2D eigenvalue weighted by Gasteiger charge is -2.08. The van der Waals surface area contributed by atoms with E-state index in [9.17, 15) is 14.7 Å². The van der Waals surface area contributed by atoms with Gasteiger partial charge in [0.15, 0.2) is 0 Å². The third kappa shape index (κ3) is 4.28. The number of aromatic nitrogens is 3. The largest absolute Gasteiger partial charge is 0.478 e. The minimum Gasteiger partial charge on any atom is -0.478 e. The van der Waals surface area contributed by atoms with Crippen LogP contribution in [0.15, 0.2) is 78.9 Å². The molecular weight excluding hydrogens is 390 g/mol. The smallest absolute Gasteiger partial charge is 0.336 e. The third-order valence-corrected chi connectivity index (χ3v) is 5.06. The van der Waals surface area contributed by atoms with Gasteiger partial charge < -0.3 is 5.11 Å². The van der Waals surface area contributed by atoms with Gasteiger partial charge in [0.05, 0.1) is 12.1 Å². The molecular formula is C25H21N3O3. The number of carbonyl (C=O) groups is 2. The van der Waals surface area contributed by atoms with E-state index in [-0.39, 0.29) is 17.2 Å². The Morgan fingerprint density at radius 2 is 1.58 bits per heavy atom. The van der Waals surface area contributed by atoms with E-state index < -0.39 is 5.97 Å². The molecule has 31 heavy (non-hydrogen) atoms. The number of aryl methyl sites for hydroxylation is 1. The van der Waals surface area contributed by atoms with E-state index >= 15 is 0 Å². The number of carboxylic acid groups (broad SMARTS) is 1. The molecule has 4 rings (SSSR count). The number of rotatable bonds is 7. The van der Waals surface area contributed by atoms with E-state index in [0.717, 1.165) is 17.0 Å². The molecule has 1 N–H and O–H groups in total. The highest BCUT2D eigenvalue weighted by atomic mass is 16.4. The first kappa shape index (κ1) is 20.2. The number of carboxylic acids is 1. The molecule has 0 aliphatic rings. The number of carbonyl (C=O) groups excluding carboxylic acids is 1. The van der Waals surface area contributed by atoms with Crippen molar-refractivity contribution in [3.05, 3.63) is 107 Å².